The highest BCUT2D eigenvalue weighted by atomic mass is 127. The Morgan fingerprint density at radius 2 is 2.18 bits per heavy atom. The van der Waals surface area contributed by atoms with Gasteiger partial charge in [0.05, 0.1) is 5.56 Å². The molecule has 2 N–H and O–H groups in total. The molecule has 1 heterocycles. The zero-order valence-electron chi connectivity index (χ0n) is 13.3. The molecule has 122 valence electrons. The van der Waals surface area contributed by atoms with E-state index in [9.17, 15) is 4.79 Å². The van der Waals surface area contributed by atoms with E-state index in [1.54, 1.807) is 6.07 Å². The maximum absolute atomic E-state index is 12.0. The van der Waals surface area contributed by atoms with Gasteiger partial charge in [0.1, 0.15) is 5.60 Å². The number of benzene rings is 1. The Hall–Kier alpha value is -1.31. The van der Waals surface area contributed by atoms with Crippen LogP contribution in [-0.4, -0.2) is 30.6 Å². The molecule has 0 amide bonds. The highest BCUT2D eigenvalue weighted by Gasteiger charge is 2.17. The molecule has 1 aliphatic heterocycles. The van der Waals surface area contributed by atoms with E-state index in [0.29, 0.717) is 12.1 Å². The lowest BCUT2D eigenvalue weighted by Gasteiger charge is -2.20. The zero-order valence-corrected chi connectivity index (χ0v) is 15.6. The highest BCUT2D eigenvalue weighted by Crippen LogP contribution is 2.13. The van der Waals surface area contributed by atoms with Crippen molar-refractivity contribution in [2.24, 2.45) is 4.99 Å². The number of aliphatic imine (C=N–C) groups is 1. The molecular formula is C16H24IN3O2. The van der Waals surface area contributed by atoms with Gasteiger partial charge in [0.25, 0.3) is 0 Å². The Labute approximate surface area is 148 Å². The average Bonchev–Trinajstić information content (AvgIpc) is 2.45. The monoisotopic (exact) mass is 417 g/mol. The SMILES string of the molecule is CC(C)(C)OC(=O)c1cccc(CNC2=NCCCN2)c1.I. The Balaban J connectivity index is 0.00000242. The van der Waals surface area contributed by atoms with E-state index < -0.39 is 5.60 Å². The molecule has 5 nitrogen and oxygen atoms in total. The molecule has 2 rings (SSSR count). The summed E-state index contributed by atoms with van der Waals surface area (Å²) in [5, 5.41) is 6.44. The van der Waals surface area contributed by atoms with Gasteiger partial charge in [-0.25, -0.2) is 4.79 Å². The highest BCUT2D eigenvalue weighted by molar-refractivity contribution is 14.0. The van der Waals surface area contributed by atoms with Crippen LogP contribution in [0.2, 0.25) is 0 Å². The molecule has 1 aromatic carbocycles. The zero-order chi connectivity index (χ0) is 15.3. The van der Waals surface area contributed by atoms with Crippen LogP contribution in [0.5, 0.6) is 0 Å². The van der Waals surface area contributed by atoms with Crippen molar-refractivity contribution in [2.75, 3.05) is 13.1 Å². The fourth-order valence-electron chi connectivity index (χ4n) is 1.98. The molecule has 1 aliphatic rings. The number of hydrogen-bond donors (Lipinski definition) is 2. The fraction of sp³-hybridized carbons (Fsp3) is 0.500. The molecule has 0 spiro atoms. The number of guanidine groups is 1. The third-order valence-electron chi connectivity index (χ3n) is 2.92. The van der Waals surface area contributed by atoms with Crippen LogP contribution in [0.3, 0.4) is 0 Å². The molecule has 0 bridgehead atoms. The van der Waals surface area contributed by atoms with Gasteiger partial charge in [0.2, 0.25) is 0 Å². The number of carbonyl (C=O) groups excluding carboxylic acids is 1. The van der Waals surface area contributed by atoms with Gasteiger partial charge in [-0.05, 0) is 44.9 Å². The van der Waals surface area contributed by atoms with Crippen molar-refractivity contribution in [3.05, 3.63) is 35.4 Å². The van der Waals surface area contributed by atoms with Gasteiger partial charge in [-0.3, -0.25) is 4.99 Å². The lowest BCUT2D eigenvalue weighted by Crippen LogP contribution is -2.40. The Bertz CT molecular complexity index is 538. The Morgan fingerprint density at radius 3 is 2.82 bits per heavy atom. The number of hydrogen-bond acceptors (Lipinski definition) is 5. The van der Waals surface area contributed by atoms with Crippen LogP contribution in [0.4, 0.5) is 0 Å². The molecule has 0 aliphatic carbocycles. The maximum atomic E-state index is 12.0. The Kier molecular flexibility index (Phi) is 7.12. The van der Waals surface area contributed by atoms with Gasteiger partial charge in [-0.2, -0.15) is 0 Å². The van der Waals surface area contributed by atoms with E-state index in [0.717, 1.165) is 31.0 Å². The second kappa shape index (κ2) is 8.36. The third-order valence-corrected chi connectivity index (χ3v) is 2.92. The molecule has 0 saturated heterocycles. The second-order valence-electron chi connectivity index (χ2n) is 6.07. The predicted octanol–water partition coefficient (Wildman–Crippen LogP) is 2.70. The van der Waals surface area contributed by atoms with Crippen molar-refractivity contribution < 1.29 is 9.53 Å². The van der Waals surface area contributed by atoms with Crippen molar-refractivity contribution in [3.8, 4) is 0 Å². The first-order valence-corrected chi connectivity index (χ1v) is 7.28. The van der Waals surface area contributed by atoms with Gasteiger partial charge in [0, 0.05) is 19.6 Å². The van der Waals surface area contributed by atoms with Crippen molar-refractivity contribution >= 4 is 35.9 Å². The van der Waals surface area contributed by atoms with Gasteiger partial charge in [-0.1, -0.05) is 12.1 Å². The molecule has 0 radical (unpaired) electrons. The number of rotatable bonds is 3. The Morgan fingerprint density at radius 1 is 1.41 bits per heavy atom. The quantitative estimate of drug-likeness (QED) is 0.587. The first kappa shape index (κ1) is 18.7. The molecular weight excluding hydrogens is 393 g/mol. The number of carbonyl (C=O) groups is 1. The van der Waals surface area contributed by atoms with Crippen molar-refractivity contribution in [1.82, 2.24) is 10.6 Å². The number of nitrogens with one attached hydrogen (secondary N) is 2. The maximum Gasteiger partial charge on any atom is 0.338 e. The second-order valence-corrected chi connectivity index (χ2v) is 6.07. The summed E-state index contributed by atoms with van der Waals surface area (Å²) in [6.07, 6.45) is 1.07. The smallest absolute Gasteiger partial charge is 0.338 e. The van der Waals surface area contributed by atoms with Crippen LogP contribution in [0.25, 0.3) is 0 Å². The topological polar surface area (TPSA) is 62.7 Å². The van der Waals surface area contributed by atoms with Crippen LogP contribution in [0.15, 0.2) is 29.3 Å². The first-order chi connectivity index (χ1) is 9.94. The molecule has 1 aromatic rings. The molecule has 0 saturated carbocycles. The number of esters is 1. The standard InChI is InChI=1S/C16H23N3O2.HI/c1-16(2,3)21-14(20)13-7-4-6-12(10-13)11-19-15-17-8-5-9-18-15;/h4,6-7,10H,5,8-9,11H2,1-3H3,(H2,17,18,19);1H. The summed E-state index contributed by atoms with van der Waals surface area (Å²) in [7, 11) is 0. The third kappa shape index (κ3) is 6.21. The van der Waals surface area contributed by atoms with Crippen LogP contribution < -0.4 is 10.6 Å². The summed E-state index contributed by atoms with van der Waals surface area (Å²) in [4.78, 5) is 16.4. The predicted molar refractivity (Wildman–Crippen MR) is 98.8 cm³/mol. The van der Waals surface area contributed by atoms with E-state index in [2.05, 4.69) is 15.6 Å². The summed E-state index contributed by atoms with van der Waals surface area (Å²) in [5.41, 5.74) is 1.11. The molecule has 0 fully saturated rings. The van der Waals surface area contributed by atoms with E-state index in [4.69, 9.17) is 4.74 Å². The molecule has 0 aromatic heterocycles. The van der Waals surface area contributed by atoms with Crippen LogP contribution in [0.1, 0.15) is 43.1 Å². The molecule has 0 unspecified atom stereocenters. The number of nitrogens with zero attached hydrogens (tertiary/aromatic N) is 1. The lowest BCUT2D eigenvalue weighted by molar-refractivity contribution is 0.00694. The van der Waals surface area contributed by atoms with Crippen molar-refractivity contribution in [3.63, 3.8) is 0 Å². The summed E-state index contributed by atoms with van der Waals surface area (Å²) < 4.78 is 5.38. The normalized spacial score (nSPS) is 14.2. The van der Waals surface area contributed by atoms with E-state index in [-0.39, 0.29) is 29.9 Å². The fourth-order valence-corrected chi connectivity index (χ4v) is 1.98. The minimum absolute atomic E-state index is 0. The van der Waals surface area contributed by atoms with E-state index in [1.165, 1.54) is 0 Å². The molecule has 6 heteroatoms. The average molecular weight is 417 g/mol. The summed E-state index contributed by atoms with van der Waals surface area (Å²) >= 11 is 0. The van der Waals surface area contributed by atoms with Crippen LogP contribution in [0, 0.1) is 0 Å². The van der Waals surface area contributed by atoms with Gasteiger partial charge in [0.15, 0.2) is 5.96 Å². The number of halogens is 1. The van der Waals surface area contributed by atoms with Crippen molar-refractivity contribution in [1.29, 1.82) is 0 Å². The number of ether oxygens (including phenoxy) is 1. The summed E-state index contributed by atoms with van der Waals surface area (Å²) in [6.45, 7) is 8.02. The lowest BCUT2D eigenvalue weighted by atomic mass is 10.1. The van der Waals surface area contributed by atoms with Crippen molar-refractivity contribution in [2.45, 2.75) is 39.3 Å². The molecule has 0 atom stereocenters. The van der Waals surface area contributed by atoms with Gasteiger partial charge < -0.3 is 15.4 Å². The van der Waals surface area contributed by atoms with Gasteiger partial charge in [-0.15, -0.1) is 24.0 Å². The minimum Gasteiger partial charge on any atom is -0.456 e. The van der Waals surface area contributed by atoms with Crippen LogP contribution in [-0.2, 0) is 11.3 Å². The largest absolute Gasteiger partial charge is 0.456 e. The van der Waals surface area contributed by atoms with Gasteiger partial charge >= 0.3 is 5.97 Å². The van der Waals surface area contributed by atoms with E-state index >= 15 is 0 Å². The van der Waals surface area contributed by atoms with E-state index in [1.807, 2.05) is 39.0 Å². The summed E-state index contributed by atoms with van der Waals surface area (Å²) in [6, 6.07) is 7.47. The molecule has 22 heavy (non-hydrogen) atoms. The minimum atomic E-state index is -0.480. The summed E-state index contributed by atoms with van der Waals surface area (Å²) in [5.74, 6) is 0.529. The first-order valence-electron chi connectivity index (χ1n) is 7.28. The van der Waals surface area contributed by atoms with Crippen LogP contribution >= 0.6 is 24.0 Å².